The van der Waals surface area contributed by atoms with Crippen LogP contribution in [0.5, 0.6) is 0 Å². The summed E-state index contributed by atoms with van der Waals surface area (Å²) in [7, 11) is 0. The smallest absolute Gasteiger partial charge is 0.306 e. The highest BCUT2D eigenvalue weighted by atomic mass is 16.7. The lowest BCUT2D eigenvalue weighted by Gasteiger charge is -2.39. The first-order chi connectivity index (χ1) is 27.8. The Bertz CT molecular complexity index is 1240. The fourth-order valence-electron chi connectivity index (χ4n) is 5.65. The second-order valence-electron chi connectivity index (χ2n) is 14.0. The van der Waals surface area contributed by atoms with Crippen molar-refractivity contribution >= 4 is 11.9 Å². The molecule has 10 nitrogen and oxygen atoms in total. The number of carbonyl (C=O) groups is 2. The van der Waals surface area contributed by atoms with E-state index in [1.54, 1.807) is 0 Å². The number of rotatable bonds is 33. The lowest BCUT2D eigenvalue weighted by atomic mass is 9.99. The average molecular weight is 799 g/mol. The van der Waals surface area contributed by atoms with Crippen molar-refractivity contribution in [2.45, 2.75) is 166 Å². The van der Waals surface area contributed by atoms with E-state index >= 15 is 0 Å². The Morgan fingerprint density at radius 2 is 1.00 bits per heavy atom. The number of esters is 2. The van der Waals surface area contributed by atoms with Crippen LogP contribution in [0.25, 0.3) is 0 Å². The van der Waals surface area contributed by atoms with Crippen molar-refractivity contribution in [1.29, 1.82) is 0 Å². The lowest BCUT2D eigenvalue weighted by molar-refractivity contribution is -0.305. The molecule has 0 saturated carbocycles. The Morgan fingerprint density at radius 1 is 0.544 bits per heavy atom. The van der Waals surface area contributed by atoms with Gasteiger partial charge in [0.1, 0.15) is 31.0 Å². The van der Waals surface area contributed by atoms with Gasteiger partial charge in [-0.1, -0.05) is 130 Å². The molecule has 57 heavy (non-hydrogen) atoms. The van der Waals surface area contributed by atoms with Gasteiger partial charge in [-0.2, -0.15) is 0 Å². The molecule has 0 aliphatic carbocycles. The lowest BCUT2D eigenvalue weighted by Crippen LogP contribution is -2.59. The van der Waals surface area contributed by atoms with Crippen LogP contribution in [0.3, 0.4) is 0 Å². The minimum Gasteiger partial charge on any atom is -0.462 e. The highest BCUT2D eigenvalue weighted by Crippen LogP contribution is 2.22. The van der Waals surface area contributed by atoms with E-state index in [0.717, 1.165) is 83.5 Å². The molecular weight excluding hydrogens is 725 g/mol. The van der Waals surface area contributed by atoms with Gasteiger partial charge in [0.15, 0.2) is 12.4 Å². The Labute approximate surface area is 343 Å². The molecule has 6 atom stereocenters. The van der Waals surface area contributed by atoms with Gasteiger partial charge in [0.2, 0.25) is 0 Å². The standard InChI is InChI=1S/C47H74O10/c1-3-5-7-9-11-13-15-17-19-20-22-23-25-27-29-31-33-35-42(49)54-38-40(39-55-47-46(53)45(52)44(51)41(37-48)57-47)56-43(50)36-34-32-30-28-26-24-21-18-16-14-12-10-8-6-4-2/h5-8,11-14,17-19,21-23,27,29,40-41,44-48,51-53H,3-4,9-10,15-16,20,24-26,28,30-39H2,1-2H3/b7-5-,8-6-,13-11-,14-12-,19-17-,21-18-,23-22-,29-27-/t40-,41-,44+,45+,46-,47-/m1/s1. The summed E-state index contributed by atoms with van der Waals surface area (Å²) in [6.45, 7) is 3.09. The Balaban J connectivity index is 2.42. The SMILES string of the molecule is CC/C=C\C/C=C\C/C=C\C/C=C\C/C=C\CCCC(=O)OC[C@H](CO[C@@H]1O[C@H](CO)[C@H](O)[C@H](O)[C@H]1O)OC(=O)CCCCCCC/C=C\C/C=C\C/C=C\CC. The van der Waals surface area contributed by atoms with Gasteiger partial charge in [0.05, 0.1) is 13.2 Å². The van der Waals surface area contributed by atoms with Gasteiger partial charge >= 0.3 is 11.9 Å². The zero-order chi connectivity index (χ0) is 41.6. The van der Waals surface area contributed by atoms with E-state index in [1.807, 2.05) is 6.08 Å². The van der Waals surface area contributed by atoms with Crippen LogP contribution >= 0.6 is 0 Å². The predicted octanol–water partition coefficient (Wildman–Crippen LogP) is 8.77. The average Bonchev–Trinajstić information content (AvgIpc) is 3.21. The molecule has 0 radical (unpaired) electrons. The maximum atomic E-state index is 12.7. The van der Waals surface area contributed by atoms with Crippen LogP contribution in [-0.4, -0.2) is 89.0 Å². The van der Waals surface area contributed by atoms with Crippen molar-refractivity contribution in [2.24, 2.45) is 0 Å². The zero-order valence-electron chi connectivity index (χ0n) is 34.8. The Kier molecular flexibility index (Phi) is 33.5. The molecule has 322 valence electrons. The molecular formula is C47H74O10. The van der Waals surface area contributed by atoms with E-state index < -0.39 is 55.4 Å². The summed E-state index contributed by atoms with van der Waals surface area (Å²) in [5, 5.41) is 40.0. The Hall–Kier alpha value is -3.38. The van der Waals surface area contributed by atoms with E-state index in [9.17, 15) is 30.0 Å². The van der Waals surface area contributed by atoms with E-state index in [-0.39, 0.29) is 26.1 Å². The first-order valence-electron chi connectivity index (χ1n) is 21.3. The molecule has 0 aromatic heterocycles. The molecule has 1 saturated heterocycles. The van der Waals surface area contributed by atoms with Crippen molar-refractivity contribution in [3.8, 4) is 0 Å². The number of unbranched alkanes of at least 4 members (excludes halogenated alkanes) is 6. The van der Waals surface area contributed by atoms with Crippen LogP contribution in [0.1, 0.15) is 129 Å². The molecule has 10 heteroatoms. The quantitative estimate of drug-likeness (QED) is 0.0288. The number of allylic oxidation sites excluding steroid dienone is 16. The normalized spacial score (nSPS) is 21.3. The third-order valence-electron chi connectivity index (χ3n) is 8.96. The first-order valence-corrected chi connectivity index (χ1v) is 21.3. The second-order valence-corrected chi connectivity index (χ2v) is 14.0. The molecule has 0 aromatic carbocycles. The summed E-state index contributed by atoms with van der Waals surface area (Å²) in [6, 6.07) is 0. The van der Waals surface area contributed by atoms with Crippen LogP contribution in [0.15, 0.2) is 97.2 Å². The maximum absolute atomic E-state index is 12.7. The Morgan fingerprint density at radius 3 is 1.53 bits per heavy atom. The maximum Gasteiger partial charge on any atom is 0.306 e. The van der Waals surface area contributed by atoms with Crippen molar-refractivity contribution in [3.63, 3.8) is 0 Å². The number of ether oxygens (including phenoxy) is 4. The molecule has 0 spiro atoms. The third-order valence-corrected chi connectivity index (χ3v) is 8.96. The van der Waals surface area contributed by atoms with Crippen LogP contribution < -0.4 is 0 Å². The molecule has 0 amide bonds. The molecule has 1 rings (SSSR count). The molecule has 0 bridgehead atoms. The zero-order valence-corrected chi connectivity index (χ0v) is 34.8. The molecule has 0 aromatic rings. The summed E-state index contributed by atoms with van der Waals surface area (Å²) >= 11 is 0. The van der Waals surface area contributed by atoms with E-state index in [0.29, 0.717) is 19.3 Å². The van der Waals surface area contributed by atoms with E-state index in [4.69, 9.17) is 18.9 Å². The van der Waals surface area contributed by atoms with Crippen LogP contribution in [0, 0.1) is 0 Å². The van der Waals surface area contributed by atoms with Gasteiger partial charge in [-0.05, 0) is 83.5 Å². The van der Waals surface area contributed by atoms with Crippen LogP contribution in [-0.2, 0) is 28.5 Å². The van der Waals surface area contributed by atoms with Crippen LogP contribution in [0.2, 0.25) is 0 Å². The summed E-state index contributed by atoms with van der Waals surface area (Å²) < 4.78 is 22.0. The van der Waals surface area contributed by atoms with Gasteiger partial charge in [-0.3, -0.25) is 9.59 Å². The number of carbonyl (C=O) groups excluding carboxylic acids is 2. The van der Waals surface area contributed by atoms with Crippen molar-refractivity contribution in [3.05, 3.63) is 97.2 Å². The highest BCUT2D eigenvalue weighted by Gasteiger charge is 2.44. The summed E-state index contributed by atoms with van der Waals surface area (Å²) in [5.74, 6) is -0.907. The minimum atomic E-state index is -1.61. The molecule has 4 N–H and O–H groups in total. The summed E-state index contributed by atoms with van der Waals surface area (Å²) in [4.78, 5) is 25.3. The fraction of sp³-hybridized carbons (Fsp3) is 0.617. The first kappa shape index (κ1) is 51.6. The van der Waals surface area contributed by atoms with E-state index in [1.165, 1.54) is 0 Å². The number of aliphatic hydroxyl groups excluding tert-OH is 4. The minimum absolute atomic E-state index is 0.187. The van der Waals surface area contributed by atoms with Gasteiger partial charge in [0, 0.05) is 12.8 Å². The van der Waals surface area contributed by atoms with Crippen molar-refractivity contribution in [2.75, 3.05) is 19.8 Å². The molecule has 0 unspecified atom stereocenters. The molecule has 1 heterocycles. The van der Waals surface area contributed by atoms with E-state index in [2.05, 4.69) is 105 Å². The summed E-state index contributed by atoms with van der Waals surface area (Å²) in [6.07, 6.45) is 41.3. The molecule has 1 fully saturated rings. The van der Waals surface area contributed by atoms with Crippen molar-refractivity contribution in [1.82, 2.24) is 0 Å². The summed E-state index contributed by atoms with van der Waals surface area (Å²) in [5.41, 5.74) is 0. The van der Waals surface area contributed by atoms with Gasteiger partial charge in [-0.15, -0.1) is 0 Å². The second kappa shape index (κ2) is 36.9. The number of hydrogen-bond acceptors (Lipinski definition) is 10. The highest BCUT2D eigenvalue weighted by molar-refractivity contribution is 5.70. The number of hydrogen-bond donors (Lipinski definition) is 4. The number of aliphatic hydroxyl groups is 4. The molecule has 1 aliphatic rings. The predicted molar refractivity (Wildman–Crippen MR) is 228 cm³/mol. The fourth-order valence-corrected chi connectivity index (χ4v) is 5.65. The van der Waals surface area contributed by atoms with Gasteiger partial charge in [0.25, 0.3) is 0 Å². The monoisotopic (exact) mass is 799 g/mol. The van der Waals surface area contributed by atoms with Crippen molar-refractivity contribution < 1.29 is 49.0 Å². The topological polar surface area (TPSA) is 152 Å². The van der Waals surface area contributed by atoms with Gasteiger partial charge < -0.3 is 39.4 Å². The third kappa shape index (κ3) is 28.6. The molecule has 1 aliphatic heterocycles. The largest absolute Gasteiger partial charge is 0.462 e. The van der Waals surface area contributed by atoms with Gasteiger partial charge in [-0.25, -0.2) is 0 Å². The van der Waals surface area contributed by atoms with Crippen LogP contribution in [0.4, 0.5) is 0 Å².